The van der Waals surface area contributed by atoms with E-state index >= 15 is 0 Å². The highest BCUT2D eigenvalue weighted by atomic mass is 16.4. The fraction of sp³-hybridized carbons (Fsp3) is 0.235. The van der Waals surface area contributed by atoms with Gasteiger partial charge in [0.25, 0.3) is 0 Å². The number of carbonyl (C=O) groups is 3. The molecule has 0 saturated heterocycles. The van der Waals surface area contributed by atoms with Gasteiger partial charge in [0.05, 0.1) is 13.0 Å². The van der Waals surface area contributed by atoms with E-state index in [2.05, 4.69) is 10.6 Å². The fourth-order valence-corrected chi connectivity index (χ4v) is 2.22. The third-order valence-corrected chi connectivity index (χ3v) is 3.42. The minimum atomic E-state index is -1.12. The highest BCUT2D eigenvalue weighted by Crippen LogP contribution is 2.18. The first-order valence-electron chi connectivity index (χ1n) is 7.23. The Morgan fingerprint density at radius 2 is 1.74 bits per heavy atom. The number of nitrogens with one attached hydrogen (secondary N) is 2. The summed E-state index contributed by atoms with van der Waals surface area (Å²) in [6.07, 6.45) is 0.156. The van der Waals surface area contributed by atoms with Crippen molar-refractivity contribution < 1.29 is 19.5 Å². The van der Waals surface area contributed by atoms with Crippen LogP contribution in [0.1, 0.15) is 12.5 Å². The molecule has 2 amide bonds. The number of hydrogen-bond acceptors (Lipinski definition) is 3. The van der Waals surface area contributed by atoms with E-state index in [0.29, 0.717) is 0 Å². The van der Waals surface area contributed by atoms with Gasteiger partial charge in [-0.2, -0.15) is 0 Å². The van der Waals surface area contributed by atoms with E-state index in [1.54, 1.807) is 0 Å². The lowest BCUT2D eigenvalue weighted by atomic mass is 10.0. The maximum Gasteiger partial charge on any atom is 0.325 e. The van der Waals surface area contributed by atoms with Crippen LogP contribution in [0.4, 0.5) is 0 Å². The molecule has 0 aliphatic rings. The van der Waals surface area contributed by atoms with Crippen molar-refractivity contribution in [3.8, 4) is 0 Å². The van der Waals surface area contributed by atoms with Crippen molar-refractivity contribution in [2.45, 2.75) is 19.4 Å². The van der Waals surface area contributed by atoms with E-state index in [9.17, 15) is 14.4 Å². The van der Waals surface area contributed by atoms with Gasteiger partial charge in [0.2, 0.25) is 11.8 Å². The fourth-order valence-electron chi connectivity index (χ4n) is 2.22. The lowest BCUT2D eigenvalue weighted by Crippen LogP contribution is -2.44. The Hall–Kier alpha value is -2.89. The van der Waals surface area contributed by atoms with Crippen LogP contribution in [0.15, 0.2) is 42.5 Å². The van der Waals surface area contributed by atoms with Crippen LogP contribution in [0.5, 0.6) is 0 Å². The molecule has 3 N–H and O–H groups in total. The molecule has 1 atom stereocenters. The topological polar surface area (TPSA) is 95.5 Å². The molecule has 0 aliphatic heterocycles. The molecule has 2 aromatic rings. The summed E-state index contributed by atoms with van der Waals surface area (Å²) in [6.45, 7) is 1.11. The summed E-state index contributed by atoms with van der Waals surface area (Å²) < 4.78 is 0. The zero-order valence-electron chi connectivity index (χ0n) is 12.7. The molecule has 120 valence electrons. The summed E-state index contributed by atoms with van der Waals surface area (Å²) in [4.78, 5) is 34.1. The van der Waals surface area contributed by atoms with Crippen LogP contribution >= 0.6 is 0 Å². The zero-order valence-corrected chi connectivity index (χ0v) is 12.7. The molecule has 23 heavy (non-hydrogen) atoms. The van der Waals surface area contributed by atoms with Gasteiger partial charge in [-0.25, -0.2) is 0 Å². The van der Waals surface area contributed by atoms with Crippen LogP contribution in [0.2, 0.25) is 0 Å². The molecular formula is C17H18N2O4. The van der Waals surface area contributed by atoms with Crippen LogP contribution < -0.4 is 10.6 Å². The monoisotopic (exact) mass is 314 g/mol. The lowest BCUT2D eigenvalue weighted by Gasteiger charge is -2.10. The Labute approximate surface area is 133 Å². The summed E-state index contributed by atoms with van der Waals surface area (Å²) in [5.74, 6) is -1.95. The number of benzene rings is 2. The predicted molar refractivity (Wildman–Crippen MR) is 85.9 cm³/mol. The molecule has 0 spiro atoms. The Kier molecular flexibility index (Phi) is 5.30. The number of hydrogen-bond donors (Lipinski definition) is 3. The van der Waals surface area contributed by atoms with Gasteiger partial charge in [-0.3, -0.25) is 14.4 Å². The van der Waals surface area contributed by atoms with Gasteiger partial charge in [0, 0.05) is 0 Å². The van der Waals surface area contributed by atoms with Crippen LogP contribution in [-0.4, -0.2) is 35.5 Å². The lowest BCUT2D eigenvalue weighted by molar-refractivity contribution is -0.141. The van der Waals surface area contributed by atoms with Gasteiger partial charge < -0.3 is 15.7 Å². The molecule has 0 bridgehead atoms. The average molecular weight is 314 g/mol. The first kappa shape index (κ1) is 16.5. The number of carboxylic acids is 1. The van der Waals surface area contributed by atoms with E-state index in [-0.39, 0.29) is 18.9 Å². The van der Waals surface area contributed by atoms with E-state index < -0.39 is 17.9 Å². The molecule has 0 radical (unpaired) electrons. The second-order valence-electron chi connectivity index (χ2n) is 5.22. The summed E-state index contributed by atoms with van der Waals surface area (Å²) >= 11 is 0. The molecule has 0 saturated carbocycles. The summed E-state index contributed by atoms with van der Waals surface area (Å²) in [6, 6.07) is 12.5. The van der Waals surface area contributed by atoms with Gasteiger partial charge in [-0.15, -0.1) is 0 Å². The third kappa shape index (κ3) is 4.54. The molecule has 2 rings (SSSR count). The number of carboxylic acid groups (broad SMARTS) is 1. The van der Waals surface area contributed by atoms with Gasteiger partial charge >= 0.3 is 5.97 Å². The molecule has 0 aliphatic carbocycles. The zero-order chi connectivity index (χ0) is 16.8. The first-order valence-corrected chi connectivity index (χ1v) is 7.23. The number of rotatable bonds is 6. The molecular weight excluding hydrogens is 296 g/mol. The van der Waals surface area contributed by atoms with E-state index in [1.165, 1.54) is 6.92 Å². The largest absolute Gasteiger partial charge is 0.480 e. The summed E-state index contributed by atoms with van der Waals surface area (Å²) in [5.41, 5.74) is 0.875. The number of carbonyl (C=O) groups excluding carboxylic acids is 2. The van der Waals surface area contributed by atoms with Gasteiger partial charge in [0.15, 0.2) is 0 Å². The predicted octanol–water partition coefficient (Wildman–Crippen LogP) is 1.09. The summed E-state index contributed by atoms with van der Waals surface area (Å²) in [7, 11) is 0. The van der Waals surface area contributed by atoms with Crippen LogP contribution in [0.25, 0.3) is 10.8 Å². The maximum atomic E-state index is 12.0. The second kappa shape index (κ2) is 7.40. The Morgan fingerprint density at radius 1 is 1.04 bits per heavy atom. The number of fused-ring (bicyclic) bond motifs is 1. The molecule has 6 heteroatoms. The SMILES string of the molecule is C[C@H](NC(=O)CNC(=O)Cc1cccc2ccccc12)C(=O)O. The molecule has 0 unspecified atom stereocenters. The third-order valence-electron chi connectivity index (χ3n) is 3.42. The normalized spacial score (nSPS) is 11.7. The van der Waals surface area contributed by atoms with Crippen molar-refractivity contribution in [1.82, 2.24) is 10.6 Å². The number of amides is 2. The Morgan fingerprint density at radius 3 is 2.48 bits per heavy atom. The number of aliphatic carboxylic acids is 1. The molecule has 0 heterocycles. The van der Waals surface area contributed by atoms with Crippen molar-refractivity contribution in [2.75, 3.05) is 6.54 Å². The van der Waals surface area contributed by atoms with Crippen molar-refractivity contribution in [2.24, 2.45) is 0 Å². The van der Waals surface area contributed by atoms with Crippen molar-refractivity contribution in [1.29, 1.82) is 0 Å². The van der Waals surface area contributed by atoms with Crippen LogP contribution in [0.3, 0.4) is 0 Å². The minimum absolute atomic E-state index is 0.156. The average Bonchev–Trinajstić information content (AvgIpc) is 2.53. The Balaban J connectivity index is 1.92. The molecule has 0 aromatic heterocycles. The van der Waals surface area contributed by atoms with Gasteiger partial charge in [-0.05, 0) is 23.3 Å². The van der Waals surface area contributed by atoms with E-state index in [4.69, 9.17) is 5.11 Å². The van der Waals surface area contributed by atoms with E-state index in [1.807, 2.05) is 42.5 Å². The molecule has 2 aromatic carbocycles. The highest BCUT2D eigenvalue weighted by Gasteiger charge is 2.14. The van der Waals surface area contributed by atoms with Crippen molar-refractivity contribution in [3.63, 3.8) is 0 Å². The maximum absolute atomic E-state index is 12.0. The smallest absolute Gasteiger partial charge is 0.325 e. The van der Waals surface area contributed by atoms with Crippen LogP contribution in [-0.2, 0) is 20.8 Å². The minimum Gasteiger partial charge on any atom is -0.480 e. The molecule has 6 nitrogen and oxygen atoms in total. The second-order valence-corrected chi connectivity index (χ2v) is 5.22. The van der Waals surface area contributed by atoms with Gasteiger partial charge in [0.1, 0.15) is 6.04 Å². The summed E-state index contributed by atoms with van der Waals surface area (Å²) in [5, 5.41) is 15.5. The highest BCUT2D eigenvalue weighted by molar-refractivity contribution is 5.92. The van der Waals surface area contributed by atoms with Crippen molar-refractivity contribution in [3.05, 3.63) is 48.0 Å². The van der Waals surface area contributed by atoms with Gasteiger partial charge in [-0.1, -0.05) is 42.5 Å². The quantitative estimate of drug-likeness (QED) is 0.743. The first-order chi connectivity index (χ1) is 11.0. The Bertz CT molecular complexity index is 737. The van der Waals surface area contributed by atoms with Crippen LogP contribution in [0, 0.1) is 0 Å². The van der Waals surface area contributed by atoms with Crippen molar-refractivity contribution >= 4 is 28.6 Å². The standard InChI is InChI=1S/C17H18N2O4/c1-11(17(22)23)19-16(21)10-18-15(20)9-13-7-4-6-12-5-2-3-8-14(12)13/h2-8,11H,9-10H2,1H3,(H,18,20)(H,19,21)(H,22,23)/t11-/m0/s1. The molecule has 0 fully saturated rings. The van der Waals surface area contributed by atoms with E-state index in [0.717, 1.165) is 16.3 Å².